The van der Waals surface area contributed by atoms with Gasteiger partial charge in [0.05, 0.1) is 5.69 Å². The average Bonchev–Trinajstić information content (AvgIpc) is 2.30. The highest BCUT2D eigenvalue weighted by Crippen LogP contribution is 2.26. The van der Waals surface area contributed by atoms with E-state index in [9.17, 15) is 8.78 Å². The third-order valence-corrected chi connectivity index (χ3v) is 8.22. The smallest absolute Gasteiger partial charge is 0.152 e. The zero-order chi connectivity index (χ0) is 12.2. The molecule has 0 saturated carbocycles. The topological polar surface area (TPSA) is 12.0 Å². The molecule has 0 bridgehead atoms. The molecule has 1 nitrogen and oxygen atoms in total. The Hall–Kier alpha value is -0.903. The van der Waals surface area contributed by atoms with Crippen molar-refractivity contribution in [3.05, 3.63) is 29.8 Å². The van der Waals surface area contributed by atoms with Gasteiger partial charge in [0.1, 0.15) is 11.6 Å². The van der Waals surface area contributed by atoms with Crippen molar-refractivity contribution in [2.45, 2.75) is 38.9 Å². The van der Waals surface area contributed by atoms with Crippen molar-refractivity contribution in [1.82, 2.24) is 0 Å². The minimum Gasteiger partial charge on any atom is -0.405 e. The Morgan fingerprint density at radius 1 is 1.00 bits per heavy atom. The molecule has 0 saturated heterocycles. The van der Waals surface area contributed by atoms with Crippen molar-refractivity contribution >= 4 is 13.9 Å². The number of rotatable bonds is 5. The van der Waals surface area contributed by atoms with Crippen molar-refractivity contribution in [3.63, 3.8) is 0 Å². The number of halogens is 2. The quantitative estimate of drug-likeness (QED) is 0.757. The van der Waals surface area contributed by atoms with E-state index in [2.05, 4.69) is 25.8 Å². The van der Waals surface area contributed by atoms with Crippen molar-refractivity contribution in [1.29, 1.82) is 0 Å². The highest BCUT2D eigenvalue weighted by atomic mass is 28.3. The second-order valence-corrected chi connectivity index (χ2v) is 8.99. The lowest BCUT2D eigenvalue weighted by atomic mass is 10.3. The second kappa shape index (κ2) is 5.43. The molecule has 16 heavy (non-hydrogen) atoms. The lowest BCUT2D eigenvalue weighted by Gasteiger charge is -2.30. The molecule has 0 aliphatic heterocycles. The molecule has 0 atom stereocenters. The van der Waals surface area contributed by atoms with Gasteiger partial charge in [0.15, 0.2) is 8.24 Å². The molecule has 0 aliphatic rings. The summed E-state index contributed by atoms with van der Waals surface area (Å²) in [6.45, 7) is 6.26. The van der Waals surface area contributed by atoms with E-state index < -0.39 is 19.9 Å². The molecule has 0 amide bonds. The maximum atomic E-state index is 13.5. The average molecular weight is 243 g/mol. The van der Waals surface area contributed by atoms with E-state index in [1.807, 2.05) is 0 Å². The van der Waals surface area contributed by atoms with Gasteiger partial charge in [-0.1, -0.05) is 26.8 Å². The Morgan fingerprint density at radius 2 is 1.44 bits per heavy atom. The summed E-state index contributed by atoms with van der Waals surface area (Å²) in [4.78, 5) is 3.17. The molecule has 0 aromatic heterocycles. The van der Waals surface area contributed by atoms with Crippen LogP contribution in [0.1, 0.15) is 20.8 Å². The molecule has 0 unspecified atom stereocenters. The number of hydrogen-bond acceptors (Lipinski definition) is 1. The standard InChI is InChI=1S/C12H19F2NSi/c1-4-16(5-2,6-3)15-12-10(13)8-7-9-11(12)14/h7-9,15H,4-6H2,1-3H3. The van der Waals surface area contributed by atoms with Crippen LogP contribution in [0.15, 0.2) is 18.2 Å². The lowest BCUT2D eigenvalue weighted by molar-refractivity contribution is 0.591. The van der Waals surface area contributed by atoms with Gasteiger partial charge in [-0.25, -0.2) is 8.78 Å². The first-order valence-electron chi connectivity index (χ1n) is 5.80. The van der Waals surface area contributed by atoms with E-state index in [0.717, 1.165) is 18.1 Å². The summed E-state index contributed by atoms with van der Waals surface area (Å²) in [5.41, 5.74) is 0.0553. The minimum atomic E-state index is -1.75. The molecule has 1 aromatic carbocycles. The van der Waals surface area contributed by atoms with Gasteiger partial charge in [0.25, 0.3) is 0 Å². The van der Waals surface area contributed by atoms with E-state index in [4.69, 9.17) is 0 Å². The van der Waals surface area contributed by atoms with Gasteiger partial charge in [0.2, 0.25) is 0 Å². The van der Waals surface area contributed by atoms with Crippen LogP contribution < -0.4 is 4.98 Å². The fourth-order valence-corrected chi connectivity index (χ4v) is 4.70. The monoisotopic (exact) mass is 243 g/mol. The summed E-state index contributed by atoms with van der Waals surface area (Å²) >= 11 is 0. The molecular formula is C12H19F2NSi. The maximum Gasteiger partial charge on any atom is 0.152 e. The molecular weight excluding hydrogens is 224 g/mol. The van der Waals surface area contributed by atoms with Crippen LogP contribution in [0.5, 0.6) is 0 Å². The van der Waals surface area contributed by atoms with Crippen LogP contribution in [0.4, 0.5) is 14.5 Å². The van der Waals surface area contributed by atoms with Crippen molar-refractivity contribution in [2.75, 3.05) is 4.98 Å². The van der Waals surface area contributed by atoms with Crippen LogP contribution in [0, 0.1) is 11.6 Å². The van der Waals surface area contributed by atoms with E-state index in [1.165, 1.54) is 18.2 Å². The van der Waals surface area contributed by atoms with Gasteiger partial charge >= 0.3 is 0 Å². The maximum absolute atomic E-state index is 13.5. The fraction of sp³-hybridized carbons (Fsp3) is 0.500. The highest BCUT2D eigenvalue weighted by molar-refractivity contribution is 6.82. The zero-order valence-corrected chi connectivity index (χ0v) is 11.1. The molecule has 0 fully saturated rings. The molecule has 1 N–H and O–H groups in total. The van der Waals surface area contributed by atoms with E-state index in [1.54, 1.807) is 0 Å². The van der Waals surface area contributed by atoms with Crippen molar-refractivity contribution < 1.29 is 8.78 Å². The molecule has 0 heterocycles. The Balaban J connectivity index is 3.02. The van der Waals surface area contributed by atoms with E-state index in [0.29, 0.717) is 0 Å². The lowest BCUT2D eigenvalue weighted by Crippen LogP contribution is -2.42. The van der Waals surface area contributed by atoms with Gasteiger partial charge in [-0.15, -0.1) is 0 Å². The number of benzene rings is 1. The molecule has 0 radical (unpaired) electrons. The van der Waals surface area contributed by atoms with Crippen LogP contribution in [0.25, 0.3) is 0 Å². The van der Waals surface area contributed by atoms with Gasteiger partial charge in [0, 0.05) is 0 Å². The van der Waals surface area contributed by atoms with Crippen LogP contribution in [-0.4, -0.2) is 8.24 Å². The molecule has 90 valence electrons. The van der Waals surface area contributed by atoms with Gasteiger partial charge in [-0.05, 0) is 30.3 Å². The molecule has 0 aliphatic carbocycles. The minimum absolute atomic E-state index is 0.0553. The van der Waals surface area contributed by atoms with E-state index in [-0.39, 0.29) is 5.69 Å². The fourth-order valence-electron chi connectivity index (χ4n) is 1.90. The highest BCUT2D eigenvalue weighted by Gasteiger charge is 2.29. The second-order valence-electron chi connectivity index (χ2n) is 4.06. The number of hydrogen-bond donors (Lipinski definition) is 1. The Morgan fingerprint density at radius 3 is 1.81 bits per heavy atom. The summed E-state index contributed by atoms with van der Waals surface area (Å²) in [6.07, 6.45) is 0. The molecule has 1 aromatic rings. The van der Waals surface area contributed by atoms with Gasteiger partial charge in [-0.2, -0.15) is 0 Å². The first kappa shape index (κ1) is 13.2. The van der Waals surface area contributed by atoms with Crippen molar-refractivity contribution in [2.24, 2.45) is 0 Å². The first-order chi connectivity index (χ1) is 7.58. The van der Waals surface area contributed by atoms with Crippen LogP contribution in [0.3, 0.4) is 0 Å². The first-order valence-corrected chi connectivity index (χ1v) is 8.43. The third kappa shape index (κ3) is 2.61. The van der Waals surface area contributed by atoms with Crippen LogP contribution in [0.2, 0.25) is 18.1 Å². The number of anilines is 1. The summed E-state index contributed by atoms with van der Waals surface area (Å²) in [6, 6.07) is 6.93. The number of nitrogens with one attached hydrogen (secondary N) is 1. The van der Waals surface area contributed by atoms with Crippen LogP contribution in [-0.2, 0) is 0 Å². The summed E-state index contributed by atoms with van der Waals surface area (Å²) in [7, 11) is -1.75. The summed E-state index contributed by atoms with van der Waals surface area (Å²) in [5, 5.41) is 0. The SMILES string of the molecule is CC[Si](CC)(CC)Nc1c(F)cccc1F. The number of para-hydroxylation sites is 1. The molecule has 0 spiro atoms. The summed E-state index contributed by atoms with van der Waals surface area (Å²) < 4.78 is 27.0. The van der Waals surface area contributed by atoms with E-state index >= 15 is 0 Å². The third-order valence-electron chi connectivity index (χ3n) is 3.38. The van der Waals surface area contributed by atoms with Crippen molar-refractivity contribution in [3.8, 4) is 0 Å². The predicted octanol–water partition coefficient (Wildman–Crippen LogP) is 4.38. The molecule has 4 heteroatoms. The Bertz CT molecular complexity index is 322. The zero-order valence-electron chi connectivity index (χ0n) is 10.1. The van der Waals surface area contributed by atoms with Gasteiger partial charge in [-0.3, -0.25) is 0 Å². The normalized spacial score (nSPS) is 11.6. The predicted molar refractivity (Wildman–Crippen MR) is 67.2 cm³/mol. The largest absolute Gasteiger partial charge is 0.405 e. The Labute approximate surface area is 97.0 Å². The Kier molecular flexibility index (Phi) is 4.47. The van der Waals surface area contributed by atoms with Gasteiger partial charge < -0.3 is 4.98 Å². The molecule has 1 rings (SSSR count). The van der Waals surface area contributed by atoms with Crippen LogP contribution >= 0.6 is 0 Å². The summed E-state index contributed by atoms with van der Waals surface area (Å²) in [5.74, 6) is -0.987.